The molecule has 0 heterocycles. The van der Waals surface area contributed by atoms with Crippen molar-refractivity contribution in [3.05, 3.63) is 90.0 Å². The number of anilines is 1. The molecule has 1 aliphatic rings. The first-order chi connectivity index (χ1) is 15.4. The Labute approximate surface area is 188 Å². The standard InChI is InChI=1S/C25H26N2O4S/c1-27(32(29,30)22-10-3-2-4-11-22)20-14-16-21(17-15-20)31-18-25(28)26-24-13-7-9-19-8-5-6-12-23(19)24/h2-6,8,10-12,14-17,24H,7,9,13,18H2,1H3,(H,26,28). The van der Waals surface area contributed by atoms with E-state index in [-0.39, 0.29) is 23.5 Å². The molecule has 0 saturated heterocycles. The number of sulfonamides is 1. The van der Waals surface area contributed by atoms with Crippen molar-refractivity contribution in [2.24, 2.45) is 0 Å². The molecule has 0 radical (unpaired) electrons. The third kappa shape index (κ3) is 4.78. The first kappa shape index (κ1) is 21.9. The minimum Gasteiger partial charge on any atom is -0.484 e. The van der Waals surface area contributed by atoms with Gasteiger partial charge in [0.05, 0.1) is 16.6 Å². The summed E-state index contributed by atoms with van der Waals surface area (Å²) in [5.41, 5.74) is 2.97. The van der Waals surface area contributed by atoms with Gasteiger partial charge in [-0.1, -0.05) is 42.5 Å². The Balaban J connectivity index is 1.35. The van der Waals surface area contributed by atoms with Crippen LogP contribution in [0.2, 0.25) is 0 Å². The third-order valence-corrected chi connectivity index (χ3v) is 7.48. The van der Waals surface area contributed by atoms with E-state index in [2.05, 4.69) is 17.4 Å². The summed E-state index contributed by atoms with van der Waals surface area (Å²) in [6, 6.07) is 23.1. The largest absolute Gasteiger partial charge is 0.484 e. The number of nitrogens with zero attached hydrogens (tertiary/aromatic N) is 1. The smallest absolute Gasteiger partial charge is 0.264 e. The molecule has 4 rings (SSSR count). The van der Waals surface area contributed by atoms with E-state index in [0.29, 0.717) is 11.4 Å². The molecule has 7 heteroatoms. The predicted octanol–water partition coefficient (Wildman–Crippen LogP) is 4.08. The zero-order valence-corrected chi connectivity index (χ0v) is 18.7. The van der Waals surface area contributed by atoms with Crippen LogP contribution >= 0.6 is 0 Å². The van der Waals surface area contributed by atoms with E-state index >= 15 is 0 Å². The van der Waals surface area contributed by atoms with Crippen LogP contribution < -0.4 is 14.4 Å². The molecule has 0 spiro atoms. The molecule has 1 N–H and O–H groups in total. The summed E-state index contributed by atoms with van der Waals surface area (Å²) >= 11 is 0. The molecule has 0 bridgehead atoms. The second kappa shape index (κ2) is 9.44. The fraction of sp³-hybridized carbons (Fsp3) is 0.240. The number of amides is 1. The Bertz CT molecular complexity index is 1180. The summed E-state index contributed by atoms with van der Waals surface area (Å²) in [6.07, 6.45) is 3.00. The molecule has 166 valence electrons. The van der Waals surface area contributed by atoms with Crippen molar-refractivity contribution in [2.75, 3.05) is 18.0 Å². The summed E-state index contributed by atoms with van der Waals surface area (Å²) < 4.78 is 32.3. The van der Waals surface area contributed by atoms with Gasteiger partial charge in [-0.2, -0.15) is 0 Å². The fourth-order valence-corrected chi connectivity index (χ4v) is 5.15. The van der Waals surface area contributed by atoms with Gasteiger partial charge in [-0.15, -0.1) is 0 Å². The van der Waals surface area contributed by atoms with Gasteiger partial charge in [-0.05, 0) is 66.8 Å². The van der Waals surface area contributed by atoms with Crippen LogP contribution in [0.4, 0.5) is 5.69 Å². The zero-order valence-electron chi connectivity index (χ0n) is 17.9. The number of hydrogen-bond acceptors (Lipinski definition) is 4. The highest BCUT2D eigenvalue weighted by molar-refractivity contribution is 7.92. The van der Waals surface area contributed by atoms with Gasteiger partial charge >= 0.3 is 0 Å². The summed E-state index contributed by atoms with van der Waals surface area (Å²) in [7, 11) is -2.14. The molecule has 1 unspecified atom stereocenters. The summed E-state index contributed by atoms with van der Waals surface area (Å²) in [4.78, 5) is 12.7. The van der Waals surface area contributed by atoms with Crippen molar-refractivity contribution >= 4 is 21.6 Å². The second-order valence-corrected chi connectivity index (χ2v) is 9.75. The second-order valence-electron chi connectivity index (χ2n) is 7.78. The molecule has 1 atom stereocenters. The van der Waals surface area contributed by atoms with Crippen LogP contribution in [0, 0.1) is 0 Å². The van der Waals surface area contributed by atoms with E-state index in [1.165, 1.54) is 22.5 Å². The number of rotatable bonds is 7. The minimum absolute atomic E-state index is 0.00951. The van der Waals surface area contributed by atoms with Gasteiger partial charge in [0.25, 0.3) is 15.9 Å². The number of fused-ring (bicyclic) bond motifs is 1. The Kier molecular flexibility index (Phi) is 6.46. The first-order valence-electron chi connectivity index (χ1n) is 10.6. The number of carbonyl (C=O) groups excluding carboxylic acids is 1. The quantitative estimate of drug-likeness (QED) is 0.588. The van der Waals surface area contributed by atoms with Crippen LogP contribution in [0.15, 0.2) is 83.8 Å². The first-order valence-corrected chi connectivity index (χ1v) is 12.0. The maximum absolute atomic E-state index is 12.8. The highest BCUT2D eigenvalue weighted by Crippen LogP contribution is 2.29. The lowest BCUT2D eigenvalue weighted by Crippen LogP contribution is -2.34. The molecular formula is C25H26N2O4S. The highest BCUT2D eigenvalue weighted by Gasteiger charge is 2.22. The molecule has 0 saturated carbocycles. The van der Waals surface area contributed by atoms with E-state index in [1.807, 2.05) is 12.1 Å². The topological polar surface area (TPSA) is 75.7 Å². The lowest BCUT2D eigenvalue weighted by Gasteiger charge is -2.26. The molecule has 0 aliphatic heterocycles. The molecule has 3 aromatic rings. The summed E-state index contributed by atoms with van der Waals surface area (Å²) in [5, 5.41) is 3.06. The molecule has 0 aromatic heterocycles. The normalized spacial score (nSPS) is 15.5. The van der Waals surface area contributed by atoms with Crippen LogP contribution in [0.25, 0.3) is 0 Å². The minimum atomic E-state index is -3.64. The average molecular weight is 451 g/mol. The SMILES string of the molecule is CN(c1ccc(OCC(=O)NC2CCCc3ccccc32)cc1)S(=O)(=O)c1ccccc1. The van der Waals surface area contributed by atoms with Crippen LogP contribution in [-0.2, 0) is 21.2 Å². The molecule has 1 amide bonds. The highest BCUT2D eigenvalue weighted by atomic mass is 32.2. The number of nitrogens with one attached hydrogen (secondary N) is 1. The van der Waals surface area contributed by atoms with Gasteiger partial charge in [-0.3, -0.25) is 9.10 Å². The predicted molar refractivity (Wildman–Crippen MR) is 124 cm³/mol. The number of benzene rings is 3. The van der Waals surface area contributed by atoms with Crippen LogP contribution in [0.5, 0.6) is 5.75 Å². The zero-order chi connectivity index (χ0) is 22.6. The average Bonchev–Trinajstić information content (AvgIpc) is 2.83. The molecular weight excluding hydrogens is 424 g/mol. The van der Waals surface area contributed by atoms with Crippen molar-refractivity contribution in [2.45, 2.75) is 30.2 Å². The van der Waals surface area contributed by atoms with E-state index < -0.39 is 10.0 Å². The fourth-order valence-electron chi connectivity index (χ4n) is 3.93. The lowest BCUT2D eigenvalue weighted by molar-refractivity contribution is -0.123. The van der Waals surface area contributed by atoms with Crippen molar-refractivity contribution in [3.63, 3.8) is 0 Å². The van der Waals surface area contributed by atoms with Gasteiger partial charge in [0.15, 0.2) is 6.61 Å². The molecule has 6 nitrogen and oxygen atoms in total. The van der Waals surface area contributed by atoms with E-state index in [0.717, 1.165) is 19.3 Å². The van der Waals surface area contributed by atoms with Crippen molar-refractivity contribution in [3.8, 4) is 5.75 Å². The lowest BCUT2D eigenvalue weighted by atomic mass is 9.88. The van der Waals surface area contributed by atoms with Crippen molar-refractivity contribution < 1.29 is 17.9 Å². The molecule has 1 aliphatic carbocycles. The maximum atomic E-state index is 12.8. The molecule has 0 fully saturated rings. The van der Waals surface area contributed by atoms with Crippen molar-refractivity contribution in [1.82, 2.24) is 5.32 Å². The third-order valence-electron chi connectivity index (χ3n) is 5.68. The van der Waals surface area contributed by atoms with Crippen LogP contribution in [-0.4, -0.2) is 28.0 Å². The Morgan fingerprint density at radius 3 is 2.44 bits per heavy atom. The number of hydrogen-bond donors (Lipinski definition) is 1. The van der Waals surface area contributed by atoms with Gasteiger partial charge in [0, 0.05) is 7.05 Å². The van der Waals surface area contributed by atoms with Gasteiger partial charge in [0.2, 0.25) is 0 Å². The molecule has 32 heavy (non-hydrogen) atoms. The monoisotopic (exact) mass is 450 g/mol. The van der Waals surface area contributed by atoms with Crippen LogP contribution in [0.1, 0.15) is 30.0 Å². The Morgan fingerprint density at radius 1 is 1.00 bits per heavy atom. The van der Waals surface area contributed by atoms with Crippen molar-refractivity contribution in [1.29, 1.82) is 0 Å². The van der Waals surface area contributed by atoms with E-state index in [9.17, 15) is 13.2 Å². The van der Waals surface area contributed by atoms with Crippen LogP contribution in [0.3, 0.4) is 0 Å². The summed E-state index contributed by atoms with van der Waals surface area (Å²) in [5.74, 6) is 0.318. The van der Waals surface area contributed by atoms with Gasteiger partial charge in [0.1, 0.15) is 5.75 Å². The van der Waals surface area contributed by atoms with Gasteiger partial charge in [-0.25, -0.2) is 8.42 Å². The number of carbonyl (C=O) groups is 1. The maximum Gasteiger partial charge on any atom is 0.264 e. The Hall–Kier alpha value is -3.32. The Morgan fingerprint density at radius 2 is 1.69 bits per heavy atom. The number of ether oxygens (including phenoxy) is 1. The van der Waals surface area contributed by atoms with Gasteiger partial charge < -0.3 is 10.1 Å². The van der Waals surface area contributed by atoms with E-state index in [1.54, 1.807) is 54.6 Å². The number of aryl methyl sites for hydroxylation is 1. The summed E-state index contributed by atoms with van der Waals surface area (Å²) in [6.45, 7) is -0.101. The molecule has 3 aromatic carbocycles. The van der Waals surface area contributed by atoms with E-state index in [4.69, 9.17) is 4.74 Å².